The van der Waals surface area contributed by atoms with E-state index in [0.29, 0.717) is 32.2 Å². The normalized spacial score (nSPS) is 24.9. The van der Waals surface area contributed by atoms with Crippen molar-refractivity contribution in [3.63, 3.8) is 0 Å². The van der Waals surface area contributed by atoms with E-state index in [1.807, 2.05) is 0 Å². The Bertz CT molecular complexity index is 227. The lowest BCUT2D eigenvalue weighted by atomic mass is 9.87. The number of carbonyl (C=O) groups is 1. The van der Waals surface area contributed by atoms with E-state index >= 15 is 0 Å². The number of hydrogen-bond acceptors (Lipinski definition) is 4. The third-order valence-corrected chi connectivity index (χ3v) is 2.90. The third kappa shape index (κ3) is 6.03. The van der Waals surface area contributed by atoms with Gasteiger partial charge in [0.1, 0.15) is 6.61 Å². The van der Waals surface area contributed by atoms with E-state index in [0.717, 1.165) is 19.3 Å². The van der Waals surface area contributed by atoms with Gasteiger partial charge in [-0.15, -0.1) is 0 Å². The van der Waals surface area contributed by atoms with E-state index in [1.54, 1.807) is 0 Å². The first-order chi connectivity index (χ1) is 8.09. The average molecular weight is 244 g/mol. The summed E-state index contributed by atoms with van der Waals surface area (Å²) in [5.41, 5.74) is 0. The summed E-state index contributed by atoms with van der Waals surface area (Å²) in [6.07, 6.45) is 2.76. The largest absolute Gasteiger partial charge is 0.463 e. The first-order valence-corrected chi connectivity index (χ1v) is 6.52. The van der Waals surface area contributed by atoms with Crippen molar-refractivity contribution in [3.8, 4) is 0 Å². The van der Waals surface area contributed by atoms with Gasteiger partial charge >= 0.3 is 5.97 Å². The number of ether oxygens (including phenoxy) is 2. The van der Waals surface area contributed by atoms with E-state index in [9.17, 15) is 9.90 Å². The predicted octanol–water partition coefficient (Wildman–Crippen LogP) is 1.75. The van der Waals surface area contributed by atoms with Gasteiger partial charge in [-0.05, 0) is 25.2 Å². The van der Waals surface area contributed by atoms with Crippen LogP contribution in [0.1, 0.15) is 39.5 Å². The van der Waals surface area contributed by atoms with Gasteiger partial charge in [-0.2, -0.15) is 0 Å². The third-order valence-electron chi connectivity index (χ3n) is 2.90. The van der Waals surface area contributed by atoms with E-state index < -0.39 is 0 Å². The second kappa shape index (κ2) is 7.67. The second-order valence-corrected chi connectivity index (χ2v) is 5.15. The molecule has 0 aromatic rings. The van der Waals surface area contributed by atoms with Gasteiger partial charge in [-0.1, -0.05) is 20.3 Å². The smallest absolute Gasteiger partial charge is 0.309 e. The van der Waals surface area contributed by atoms with Crippen LogP contribution in [0.25, 0.3) is 0 Å². The van der Waals surface area contributed by atoms with Gasteiger partial charge in [0.2, 0.25) is 0 Å². The molecule has 1 saturated carbocycles. The molecule has 1 aliphatic carbocycles. The Labute approximate surface area is 103 Å². The molecule has 4 heteroatoms. The van der Waals surface area contributed by atoms with Crippen LogP contribution >= 0.6 is 0 Å². The molecule has 0 aromatic heterocycles. The fraction of sp³-hybridized carbons (Fsp3) is 0.923. The summed E-state index contributed by atoms with van der Waals surface area (Å²) >= 11 is 0. The summed E-state index contributed by atoms with van der Waals surface area (Å²) < 4.78 is 10.5. The molecule has 1 N–H and O–H groups in total. The minimum atomic E-state index is -0.335. The van der Waals surface area contributed by atoms with E-state index in [-0.39, 0.29) is 18.0 Å². The van der Waals surface area contributed by atoms with Gasteiger partial charge in [0.15, 0.2) is 0 Å². The number of aliphatic hydroxyl groups excluding tert-OH is 1. The van der Waals surface area contributed by atoms with Crippen LogP contribution in [0.4, 0.5) is 0 Å². The van der Waals surface area contributed by atoms with Crippen LogP contribution in [-0.4, -0.2) is 37.0 Å². The van der Waals surface area contributed by atoms with Crippen molar-refractivity contribution < 1.29 is 19.4 Å². The lowest BCUT2D eigenvalue weighted by Gasteiger charge is -2.24. The molecule has 0 aromatic carbocycles. The van der Waals surface area contributed by atoms with E-state index in [1.165, 1.54) is 0 Å². The topological polar surface area (TPSA) is 55.8 Å². The van der Waals surface area contributed by atoms with Crippen LogP contribution in [0.3, 0.4) is 0 Å². The van der Waals surface area contributed by atoms with Gasteiger partial charge < -0.3 is 14.6 Å². The first-order valence-electron chi connectivity index (χ1n) is 6.52. The Morgan fingerprint density at radius 1 is 1.35 bits per heavy atom. The van der Waals surface area contributed by atoms with E-state index in [4.69, 9.17) is 9.47 Å². The van der Waals surface area contributed by atoms with E-state index in [2.05, 4.69) is 13.8 Å². The van der Waals surface area contributed by atoms with Crippen LogP contribution < -0.4 is 0 Å². The molecule has 0 spiro atoms. The number of aliphatic hydroxyl groups is 1. The molecule has 2 unspecified atom stereocenters. The maximum absolute atomic E-state index is 11.7. The van der Waals surface area contributed by atoms with Gasteiger partial charge in [0.05, 0.1) is 18.6 Å². The van der Waals surface area contributed by atoms with Crippen LogP contribution in [0.15, 0.2) is 0 Å². The van der Waals surface area contributed by atoms with Crippen LogP contribution in [0, 0.1) is 11.8 Å². The summed E-state index contributed by atoms with van der Waals surface area (Å²) in [5.74, 6) is 0.194. The Hall–Kier alpha value is -0.610. The molecule has 0 saturated heterocycles. The highest BCUT2D eigenvalue weighted by Gasteiger charge is 2.27. The average Bonchev–Trinajstić information content (AvgIpc) is 2.28. The summed E-state index contributed by atoms with van der Waals surface area (Å²) in [6, 6.07) is 0. The summed E-state index contributed by atoms with van der Waals surface area (Å²) in [7, 11) is 0. The lowest BCUT2D eigenvalue weighted by molar-refractivity contribution is -0.152. The first kappa shape index (κ1) is 14.5. The molecular formula is C13H24O4. The fourth-order valence-electron chi connectivity index (χ4n) is 2.02. The second-order valence-electron chi connectivity index (χ2n) is 5.15. The van der Waals surface area contributed by atoms with Crippen LogP contribution in [0.2, 0.25) is 0 Å². The zero-order valence-electron chi connectivity index (χ0n) is 10.9. The van der Waals surface area contributed by atoms with Crippen molar-refractivity contribution in [1.82, 2.24) is 0 Å². The number of carbonyl (C=O) groups excluding carboxylic acids is 1. The Balaban J connectivity index is 2.08. The molecule has 1 rings (SSSR count). The molecule has 17 heavy (non-hydrogen) atoms. The summed E-state index contributed by atoms with van der Waals surface area (Å²) in [4.78, 5) is 11.7. The maximum atomic E-state index is 11.7. The molecular weight excluding hydrogens is 220 g/mol. The summed E-state index contributed by atoms with van der Waals surface area (Å²) in [6.45, 7) is 5.63. The van der Waals surface area contributed by atoms with Crippen molar-refractivity contribution in [2.45, 2.75) is 45.6 Å². The highest BCUT2D eigenvalue weighted by molar-refractivity contribution is 5.72. The van der Waals surface area contributed by atoms with Gasteiger partial charge in [0, 0.05) is 6.61 Å². The number of hydrogen-bond donors (Lipinski definition) is 1. The van der Waals surface area contributed by atoms with Crippen molar-refractivity contribution in [3.05, 3.63) is 0 Å². The SMILES string of the molecule is CC(C)COCCOC(=O)C1CCCC(O)C1. The monoisotopic (exact) mass is 244 g/mol. The molecule has 4 nitrogen and oxygen atoms in total. The zero-order chi connectivity index (χ0) is 12.7. The standard InChI is InChI=1S/C13H24O4/c1-10(2)9-16-6-7-17-13(15)11-4-3-5-12(14)8-11/h10-12,14H,3-9H2,1-2H3. The molecule has 0 bridgehead atoms. The van der Waals surface area contributed by atoms with Crippen molar-refractivity contribution in [1.29, 1.82) is 0 Å². The van der Waals surface area contributed by atoms with Gasteiger partial charge in [-0.25, -0.2) is 0 Å². The molecule has 2 atom stereocenters. The Morgan fingerprint density at radius 2 is 2.12 bits per heavy atom. The molecule has 1 aliphatic rings. The Morgan fingerprint density at radius 3 is 2.76 bits per heavy atom. The highest BCUT2D eigenvalue weighted by atomic mass is 16.6. The fourth-order valence-corrected chi connectivity index (χ4v) is 2.02. The van der Waals surface area contributed by atoms with Gasteiger partial charge in [-0.3, -0.25) is 4.79 Å². The van der Waals surface area contributed by atoms with Crippen LogP contribution in [-0.2, 0) is 14.3 Å². The molecule has 100 valence electrons. The Kier molecular flexibility index (Phi) is 6.52. The van der Waals surface area contributed by atoms with Crippen LogP contribution in [0.5, 0.6) is 0 Å². The molecule has 0 heterocycles. The lowest BCUT2D eigenvalue weighted by Crippen LogP contribution is -2.28. The van der Waals surface area contributed by atoms with Gasteiger partial charge in [0.25, 0.3) is 0 Å². The minimum absolute atomic E-state index is 0.121. The highest BCUT2D eigenvalue weighted by Crippen LogP contribution is 2.25. The predicted molar refractivity (Wildman–Crippen MR) is 64.6 cm³/mol. The van der Waals surface area contributed by atoms with Crippen molar-refractivity contribution in [2.75, 3.05) is 19.8 Å². The summed E-state index contributed by atoms with van der Waals surface area (Å²) in [5, 5.41) is 9.47. The maximum Gasteiger partial charge on any atom is 0.309 e. The quantitative estimate of drug-likeness (QED) is 0.571. The molecule has 0 amide bonds. The molecule has 1 fully saturated rings. The molecule has 0 aliphatic heterocycles. The zero-order valence-corrected chi connectivity index (χ0v) is 10.9. The van der Waals surface area contributed by atoms with Crippen molar-refractivity contribution >= 4 is 5.97 Å². The number of esters is 1. The molecule has 0 radical (unpaired) electrons. The minimum Gasteiger partial charge on any atom is -0.463 e. The van der Waals surface area contributed by atoms with Crippen molar-refractivity contribution in [2.24, 2.45) is 11.8 Å². The number of rotatable bonds is 6.